The minimum atomic E-state index is -1.07. The van der Waals surface area contributed by atoms with Gasteiger partial charge in [-0.3, -0.25) is 15.8 Å². The van der Waals surface area contributed by atoms with Gasteiger partial charge in [0.1, 0.15) is 23.5 Å². The standard InChI is InChI=1S/C24H31F2N5O2/c1-3-4-9-28-23(33)29-14-16-5-7-17(8-6-16)15-31-21(32)24(2,30-22(31)27)13-18-10-19(25)12-20(26)11-18/h5-8,10-12,22,30H,3-4,9,13-15,27H2,1-2H3,(H2,28,29,33)/t22?,24-/m1/s1. The number of amides is 3. The number of nitrogens with zero attached hydrogens (tertiary/aromatic N) is 1. The number of urea groups is 1. The lowest BCUT2D eigenvalue weighted by Crippen LogP contribution is -2.48. The molecule has 178 valence electrons. The zero-order chi connectivity index (χ0) is 24.0. The number of nitrogens with one attached hydrogen (secondary N) is 3. The van der Waals surface area contributed by atoms with Gasteiger partial charge < -0.3 is 15.5 Å². The first-order valence-corrected chi connectivity index (χ1v) is 11.1. The SMILES string of the molecule is CCCCNC(=O)NCc1ccc(CN2C(=O)[C@@](C)(Cc3cc(F)cc(F)c3)NC2N)cc1. The summed E-state index contributed by atoms with van der Waals surface area (Å²) in [6, 6.07) is 10.6. The molecule has 0 bridgehead atoms. The van der Waals surface area contributed by atoms with Gasteiger partial charge in [0.2, 0.25) is 5.91 Å². The molecule has 9 heteroatoms. The van der Waals surface area contributed by atoms with E-state index in [1.165, 1.54) is 17.0 Å². The Morgan fingerprint density at radius 3 is 2.36 bits per heavy atom. The largest absolute Gasteiger partial charge is 0.338 e. The van der Waals surface area contributed by atoms with Crippen LogP contribution in [0, 0.1) is 11.6 Å². The molecule has 0 radical (unpaired) electrons. The summed E-state index contributed by atoms with van der Waals surface area (Å²) in [4.78, 5) is 26.4. The van der Waals surface area contributed by atoms with Crippen LogP contribution in [0.2, 0.25) is 0 Å². The van der Waals surface area contributed by atoms with E-state index in [0.717, 1.165) is 30.0 Å². The lowest BCUT2D eigenvalue weighted by atomic mass is 9.92. The lowest BCUT2D eigenvalue weighted by Gasteiger charge is -2.23. The molecule has 1 fully saturated rings. The van der Waals surface area contributed by atoms with Gasteiger partial charge in [-0.2, -0.15) is 0 Å². The van der Waals surface area contributed by atoms with Gasteiger partial charge in [0.05, 0.1) is 0 Å². The van der Waals surface area contributed by atoms with Gasteiger partial charge in [0, 0.05) is 25.7 Å². The maximum Gasteiger partial charge on any atom is 0.315 e. The first-order valence-electron chi connectivity index (χ1n) is 11.1. The first-order chi connectivity index (χ1) is 15.7. The summed E-state index contributed by atoms with van der Waals surface area (Å²) >= 11 is 0. The van der Waals surface area contributed by atoms with E-state index in [2.05, 4.69) is 22.9 Å². The number of unbranched alkanes of at least 4 members (excludes halogenated alkanes) is 1. The van der Waals surface area contributed by atoms with Crippen LogP contribution >= 0.6 is 0 Å². The molecule has 0 aromatic heterocycles. The molecule has 5 N–H and O–H groups in total. The van der Waals surface area contributed by atoms with Gasteiger partial charge in [0.25, 0.3) is 0 Å². The third-order valence-corrected chi connectivity index (χ3v) is 5.66. The highest BCUT2D eigenvalue weighted by Gasteiger charge is 2.46. The second kappa shape index (κ2) is 10.7. The quantitative estimate of drug-likeness (QED) is 0.434. The molecule has 1 aliphatic rings. The minimum Gasteiger partial charge on any atom is -0.338 e. The van der Waals surface area contributed by atoms with Crippen molar-refractivity contribution in [3.63, 3.8) is 0 Å². The summed E-state index contributed by atoms with van der Waals surface area (Å²) in [5, 5.41) is 8.66. The van der Waals surface area contributed by atoms with E-state index in [1.54, 1.807) is 6.92 Å². The van der Waals surface area contributed by atoms with E-state index < -0.39 is 23.5 Å². The van der Waals surface area contributed by atoms with E-state index >= 15 is 0 Å². The molecule has 1 heterocycles. The number of hydrogen-bond donors (Lipinski definition) is 4. The summed E-state index contributed by atoms with van der Waals surface area (Å²) < 4.78 is 27.1. The fourth-order valence-electron chi connectivity index (χ4n) is 3.91. The van der Waals surface area contributed by atoms with Crippen LogP contribution in [-0.2, 0) is 24.3 Å². The number of rotatable bonds is 9. The van der Waals surface area contributed by atoms with Gasteiger partial charge in [0.15, 0.2) is 0 Å². The van der Waals surface area contributed by atoms with Crippen molar-refractivity contribution < 1.29 is 18.4 Å². The normalized spacial score (nSPS) is 20.2. The number of hydrogen-bond acceptors (Lipinski definition) is 4. The number of nitrogens with two attached hydrogens (primary N) is 1. The summed E-state index contributed by atoms with van der Waals surface area (Å²) in [6.07, 6.45) is 1.33. The van der Waals surface area contributed by atoms with Gasteiger partial charge >= 0.3 is 6.03 Å². The number of carbonyl (C=O) groups excluding carboxylic acids is 2. The molecule has 2 aromatic carbocycles. The van der Waals surface area contributed by atoms with Crippen LogP contribution in [0.1, 0.15) is 43.4 Å². The molecule has 1 unspecified atom stereocenters. The maximum absolute atomic E-state index is 13.6. The first kappa shape index (κ1) is 24.6. The summed E-state index contributed by atoms with van der Waals surface area (Å²) in [6.45, 7) is 5.06. The maximum atomic E-state index is 13.6. The summed E-state index contributed by atoms with van der Waals surface area (Å²) in [7, 11) is 0. The Hall–Kier alpha value is -3.04. The monoisotopic (exact) mass is 459 g/mol. The minimum absolute atomic E-state index is 0.107. The lowest BCUT2D eigenvalue weighted by molar-refractivity contribution is -0.133. The van der Waals surface area contributed by atoms with Crippen LogP contribution in [0.4, 0.5) is 13.6 Å². The Kier molecular flexibility index (Phi) is 7.99. The predicted molar refractivity (Wildman–Crippen MR) is 122 cm³/mol. The summed E-state index contributed by atoms with van der Waals surface area (Å²) in [5.74, 6) is -1.62. The molecule has 0 saturated carbocycles. The van der Waals surface area contributed by atoms with Crippen LogP contribution in [0.5, 0.6) is 0 Å². The average molecular weight is 460 g/mol. The van der Waals surface area contributed by atoms with Crippen molar-refractivity contribution >= 4 is 11.9 Å². The van der Waals surface area contributed by atoms with Gasteiger partial charge in [-0.15, -0.1) is 0 Å². The fraction of sp³-hybridized carbons (Fsp3) is 0.417. The van der Waals surface area contributed by atoms with Crippen LogP contribution in [-0.4, -0.2) is 35.2 Å². The Balaban J connectivity index is 1.58. The third-order valence-electron chi connectivity index (χ3n) is 5.66. The number of halogens is 2. The second-order valence-corrected chi connectivity index (χ2v) is 8.59. The third kappa shape index (κ3) is 6.49. The molecule has 2 aromatic rings. The fourth-order valence-corrected chi connectivity index (χ4v) is 3.91. The van der Waals surface area contributed by atoms with Crippen molar-refractivity contribution in [1.29, 1.82) is 0 Å². The molecule has 0 spiro atoms. The summed E-state index contributed by atoms with van der Waals surface area (Å²) in [5.41, 5.74) is 7.26. The Morgan fingerprint density at radius 1 is 1.09 bits per heavy atom. The average Bonchev–Trinajstić information content (AvgIpc) is 2.95. The van der Waals surface area contributed by atoms with Gasteiger partial charge in [-0.05, 0) is 48.6 Å². The van der Waals surface area contributed by atoms with Crippen LogP contribution in [0.3, 0.4) is 0 Å². The molecule has 33 heavy (non-hydrogen) atoms. The van der Waals surface area contributed by atoms with E-state index in [0.29, 0.717) is 18.7 Å². The molecule has 1 aliphatic heterocycles. The molecule has 2 atom stereocenters. The van der Waals surface area contributed by atoms with Gasteiger partial charge in [-0.25, -0.2) is 13.6 Å². The molecular formula is C24H31F2N5O2. The van der Waals surface area contributed by atoms with E-state index in [9.17, 15) is 18.4 Å². The highest BCUT2D eigenvalue weighted by atomic mass is 19.1. The highest BCUT2D eigenvalue weighted by molar-refractivity contribution is 5.88. The molecule has 7 nitrogen and oxygen atoms in total. The molecule has 1 saturated heterocycles. The molecule has 0 aliphatic carbocycles. The van der Waals surface area contributed by atoms with Crippen molar-refractivity contribution in [1.82, 2.24) is 20.9 Å². The Morgan fingerprint density at radius 2 is 1.73 bits per heavy atom. The molecule has 3 rings (SSSR count). The number of carbonyl (C=O) groups is 2. The van der Waals surface area contributed by atoms with Crippen molar-refractivity contribution in [3.05, 3.63) is 70.8 Å². The van der Waals surface area contributed by atoms with Crippen molar-refractivity contribution in [2.75, 3.05) is 6.54 Å². The smallest absolute Gasteiger partial charge is 0.315 e. The topological polar surface area (TPSA) is 99.5 Å². The van der Waals surface area contributed by atoms with E-state index in [1.807, 2.05) is 24.3 Å². The predicted octanol–water partition coefficient (Wildman–Crippen LogP) is 2.74. The number of benzene rings is 2. The van der Waals surface area contributed by atoms with E-state index in [-0.39, 0.29) is 24.9 Å². The van der Waals surface area contributed by atoms with Crippen molar-refractivity contribution in [2.45, 2.75) is 58.0 Å². The van der Waals surface area contributed by atoms with Crippen molar-refractivity contribution in [3.8, 4) is 0 Å². The van der Waals surface area contributed by atoms with Crippen molar-refractivity contribution in [2.24, 2.45) is 5.73 Å². The Labute approximate surface area is 192 Å². The zero-order valence-electron chi connectivity index (χ0n) is 19.0. The van der Waals surface area contributed by atoms with Crippen LogP contribution < -0.4 is 21.7 Å². The van der Waals surface area contributed by atoms with Crippen LogP contribution in [0.25, 0.3) is 0 Å². The Bertz CT molecular complexity index is 965. The van der Waals surface area contributed by atoms with E-state index in [4.69, 9.17) is 5.73 Å². The highest BCUT2D eigenvalue weighted by Crippen LogP contribution is 2.25. The van der Waals surface area contributed by atoms with Crippen LogP contribution in [0.15, 0.2) is 42.5 Å². The second-order valence-electron chi connectivity index (χ2n) is 8.59. The van der Waals surface area contributed by atoms with Gasteiger partial charge in [-0.1, -0.05) is 37.6 Å². The zero-order valence-corrected chi connectivity index (χ0v) is 19.0. The molecular weight excluding hydrogens is 428 g/mol. The molecule has 3 amide bonds.